The lowest BCUT2D eigenvalue weighted by atomic mass is 10.00. The number of piperidine rings is 1. The van der Waals surface area contributed by atoms with Gasteiger partial charge in [-0.25, -0.2) is 4.98 Å². The van der Waals surface area contributed by atoms with Crippen LogP contribution in [0, 0.1) is 0 Å². The van der Waals surface area contributed by atoms with E-state index in [0.29, 0.717) is 12.6 Å². The number of nitrogens with zero attached hydrogens (tertiary/aromatic N) is 3. The second-order valence-electron chi connectivity index (χ2n) is 8.86. The fourth-order valence-corrected chi connectivity index (χ4v) is 5.97. The summed E-state index contributed by atoms with van der Waals surface area (Å²) in [6.07, 6.45) is 7.32. The van der Waals surface area contributed by atoms with Crippen LogP contribution in [0.25, 0.3) is 22.5 Å². The molecule has 0 bridgehead atoms. The van der Waals surface area contributed by atoms with E-state index < -0.39 is 0 Å². The zero-order valence-electron chi connectivity index (χ0n) is 18.4. The number of thioether (sulfide) groups is 1. The number of amides is 1. The Kier molecular flexibility index (Phi) is 5.40. The topological polar surface area (TPSA) is 49.6 Å². The number of hydrogen-bond donors (Lipinski definition) is 1. The van der Waals surface area contributed by atoms with Gasteiger partial charge in [0.1, 0.15) is 5.65 Å². The van der Waals surface area contributed by atoms with Crippen LogP contribution in [-0.4, -0.2) is 39.3 Å². The van der Waals surface area contributed by atoms with E-state index in [-0.39, 0.29) is 5.91 Å². The summed E-state index contributed by atoms with van der Waals surface area (Å²) in [5.74, 6) is 0.000631. The maximum Gasteiger partial charge on any atom is 0.258 e. The average molecular weight is 455 g/mol. The van der Waals surface area contributed by atoms with Gasteiger partial charge in [-0.05, 0) is 60.0 Å². The van der Waals surface area contributed by atoms with Crippen LogP contribution >= 0.6 is 11.8 Å². The first-order chi connectivity index (χ1) is 16.2. The summed E-state index contributed by atoms with van der Waals surface area (Å²) in [4.78, 5) is 20.8. The molecule has 1 atom stereocenters. The second kappa shape index (κ2) is 8.69. The van der Waals surface area contributed by atoms with Crippen molar-refractivity contribution in [3.63, 3.8) is 0 Å². The summed E-state index contributed by atoms with van der Waals surface area (Å²) < 4.78 is 2.09. The minimum absolute atomic E-state index is 0.000631. The van der Waals surface area contributed by atoms with E-state index >= 15 is 0 Å². The van der Waals surface area contributed by atoms with Crippen molar-refractivity contribution < 1.29 is 4.79 Å². The number of imidazole rings is 1. The van der Waals surface area contributed by atoms with Gasteiger partial charge in [0.25, 0.3) is 5.91 Å². The lowest BCUT2D eigenvalue weighted by Crippen LogP contribution is -2.46. The molecule has 1 fully saturated rings. The van der Waals surface area contributed by atoms with Crippen molar-refractivity contribution in [2.24, 2.45) is 0 Å². The molecule has 166 valence electrons. The molecule has 2 aliphatic heterocycles. The van der Waals surface area contributed by atoms with Crippen molar-refractivity contribution in [3.05, 3.63) is 83.0 Å². The first kappa shape index (κ1) is 20.5. The van der Waals surface area contributed by atoms with Gasteiger partial charge in [-0.3, -0.25) is 14.1 Å². The highest BCUT2D eigenvalue weighted by Gasteiger charge is 2.25. The van der Waals surface area contributed by atoms with E-state index in [2.05, 4.69) is 62.1 Å². The van der Waals surface area contributed by atoms with Crippen molar-refractivity contribution in [2.75, 3.05) is 13.1 Å². The van der Waals surface area contributed by atoms with Gasteiger partial charge in [0, 0.05) is 19.1 Å². The van der Waals surface area contributed by atoms with E-state index in [0.717, 1.165) is 40.8 Å². The molecular weight excluding hydrogens is 428 g/mol. The van der Waals surface area contributed by atoms with Crippen molar-refractivity contribution in [1.29, 1.82) is 0 Å². The summed E-state index contributed by atoms with van der Waals surface area (Å²) in [6.45, 7) is 2.67. The summed E-state index contributed by atoms with van der Waals surface area (Å²) >= 11 is 1.51. The van der Waals surface area contributed by atoms with Crippen LogP contribution in [0.1, 0.15) is 30.5 Å². The minimum Gasteiger partial charge on any atom is -0.350 e. The lowest BCUT2D eigenvalue weighted by molar-refractivity contribution is -0.117. The highest BCUT2D eigenvalue weighted by molar-refractivity contribution is 8.04. The molecule has 0 spiro atoms. The fourth-order valence-electron chi connectivity index (χ4n) is 4.97. The van der Waals surface area contributed by atoms with Gasteiger partial charge in [-0.2, -0.15) is 0 Å². The van der Waals surface area contributed by atoms with E-state index in [1.807, 2.05) is 30.5 Å². The van der Waals surface area contributed by atoms with Crippen LogP contribution in [0.4, 0.5) is 0 Å². The molecule has 1 saturated heterocycles. The first-order valence-electron chi connectivity index (χ1n) is 11.6. The van der Waals surface area contributed by atoms with Crippen molar-refractivity contribution >= 4 is 40.2 Å². The highest BCUT2D eigenvalue weighted by Crippen LogP contribution is 2.34. The van der Waals surface area contributed by atoms with E-state index in [9.17, 15) is 4.79 Å². The van der Waals surface area contributed by atoms with Crippen LogP contribution in [0.5, 0.6) is 0 Å². The Balaban J connectivity index is 1.14. The van der Waals surface area contributed by atoms with Gasteiger partial charge in [0.05, 0.1) is 21.8 Å². The molecule has 0 radical (unpaired) electrons. The SMILES string of the molecule is O=C(NCC1CCCCN1Cc1ccc2ccccc2c1)C1=Cc2cnc3cccc(n23)S1. The molecule has 2 aromatic carbocycles. The van der Waals surface area contributed by atoms with Gasteiger partial charge in [-0.1, -0.05) is 60.6 Å². The fraction of sp³-hybridized carbons (Fsp3) is 0.259. The standard InChI is InChI=1S/C27H26N4OS/c32-27(24-15-23-17-28-25-9-5-10-26(33-24)31(23)25)29-16-22-8-3-4-13-30(22)18-19-11-12-20-6-1-2-7-21(20)14-19/h1-2,5-7,9-12,14-15,17,22H,3-4,8,13,16,18H2,(H,29,32). The van der Waals surface area contributed by atoms with Crippen LogP contribution < -0.4 is 5.32 Å². The Hall–Kier alpha value is -3.09. The molecule has 4 aromatic rings. The first-order valence-corrected chi connectivity index (χ1v) is 12.4. The molecule has 6 heteroatoms. The number of benzene rings is 2. The Morgan fingerprint density at radius 2 is 1.97 bits per heavy atom. The molecule has 4 heterocycles. The number of fused-ring (bicyclic) bond motifs is 1. The van der Waals surface area contributed by atoms with Crippen LogP contribution in [-0.2, 0) is 11.3 Å². The summed E-state index contributed by atoms with van der Waals surface area (Å²) in [5, 5.41) is 6.82. The van der Waals surface area contributed by atoms with Gasteiger partial charge >= 0.3 is 0 Å². The number of rotatable bonds is 5. The van der Waals surface area contributed by atoms with E-state index in [1.165, 1.54) is 40.9 Å². The van der Waals surface area contributed by atoms with Crippen molar-refractivity contribution in [1.82, 2.24) is 19.6 Å². The van der Waals surface area contributed by atoms with Gasteiger partial charge < -0.3 is 5.32 Å². The number of carbonyl (C=O) groups is 1. The van der Waals surface area contributed by atoms with Crippen molar-refractivity contribution in [2.45, 2.75) is 36.9 Å². The lowest BCUT2D eigenvalue weighted by Gasteiger charge is -2.36. The van der Waals surface area contributed by atoms with E-state index in [1.54, 1.807) is 0 Å². The molecule has 1 N–H and O–H groups in total. The average Bonchev–Trinajstić information content (AvgIpc) is 3.28. The monoisotopic (exact) mass is 454 g/mol. The number of hydrogen-bond acceptors (Lipinski definition) is 4. The molecule has 0 aliphatic carbocycles. The Bertz CT molecular complexity index is 1380. The number of carbonyl (C=O) groups excluding carboxylic acids is 1. The predicted octanol–water partition coefficient (Wildman–Crippen LogP) is 5.11. The Labute approximate surface area is 197 Å². The molecule has 1 amide bonds. The third-order valence-electron chi connectivity index (χ3n) is 6.69. The summed E-state index contributed by atoms with van der Waals surface area (Å²) in [5.41, 5.74) is 3.20. The molecule has 2 aromatic heterocycles. The highest BCUT2D eigenvalue weighted by atomic mass is 32.2. The number of nitrogens with one attached hydrogen (secondary N) is 1. The molecule has 1 unspecified atom stereocenters. The Morgan fingerprint density at radius 3 is 2.91 bits per heavy atom. The summed E-state index contributed by atoms with van der Waals surface area (Å²) in [7, 11) is 0. The van der Waals surface area contributed by atoms with Gasteiger partial charge in [0.15, 0.2) is 0 Å². The zero-order valence-corrected chi connectivity index (χ0v) is 19.2. The van der Waals surface area contributed by atoms with Crippen LogP contribution in [0.2, 0.25) is 0 Å². The predicted molar refractivity (Wildman–Crippen MR) is 134 cm³/mol. The normalized spacial score (nSPS) is 18.4. The number of pyridine rings is 1. The maximum absolute atomic E-state index is 13.1. The van der Waals surface area contributed by atoms with Gasteiger partial charge in [0.2, 0.25) is 0 Å². The second-order valence-corrected chi connectivity index (χ2v) is 9.93. The number of aromatic nitrogens is 2. The Morgan fingerprint density at radius 1 is 1.06 bits per heavy atom. The molecular formula is C27H26N4OS. The molecule has 33 heavy (non-hydrogen) atoms. The number of likely N-dealkylation sites (tertiary alicyclic amines) is 1. The smallest absolute Gasteiger partial charge is 0.258 e. The van der Waals surface area contributed by atoms with E-state index in [4.69, 9.17) is 0 Å². The molecule has 0 saturated carbocycles. The largest absolute Gasteiger partial charge is 0.350 e. The minimum atomic E-state index is 0.000631. The molecule has 5 nitrogen and oxygen atoms in total. The van der Waals surface area contributed by atoms with Crippen LogP contribution in [0.15, 0.2) is 76.8 Å². The quantitative estimate of drug-likeness (QED) is 0.456. The maximum atomic E-state index is 13.1. The zero-order chi connectivity index (χ0) is 22.2. The third-order valence-corrected chi connectivity index (χ3v) is 7.74. The third kappa shape index (κ3) is 4.05. The molecule has 2 aliphatic rings. The van der Waals surface area contributed by atoms with Crippen LogP contribution in [0.3, 0.4) is 0 Å². The van der Waals surface area contributed by atoms with Gasteiger partial charge in [-0.15, -0.1) is 0 Å². The summed E-state index contributed by atoms with van der Waals surface area (Å²) in [6, 6.07) is 21.6. The van der Waals surface area contributed by atoms with Crippen molar-refractivity contribution in [3.8, 4) is 0 Å². The molecule has 6 rings (SSSR count).